The second-order valence-electron chi connectivity index (χ2n) is 5.02. The van der Waals surface area contributed by atoms with Gasteiger partial charge in [0.15, 0.2) is 0 Å². The minimum absolute atomic E-state index is 0.218. The number of nitrogens with two attached hydrogens (primary N) is 1. The number of hydrogen-bond donors (Lipinski definition) is 2. The Morgan fingerprint density at radius 2 is 2.37 bits per heavy atom. The van der Waals surface area contributed by atoms with Crippen LogP contribution in [0.4, 0.5) is 11.4 Å². The van der Waals surface area contributed by atoms with Crippen molar-refractivity contribution in [2.75, 3.05) is 30.5 Å². The van der Waals surface area contributed by atoms with Crippen molar-refractivity contribution in [2.45, 2.75) is 24.5 Å². The summed E-state index contributed by atoms with van der Waals surface area (Å²) in [4.78, 5) is 11.7. The normalized spacial score (nSPS) is 22.2. The van der Waals surface area contributed by atoms with Gasteiger partial charge in [0, 0.05) is 11.3 Å². The van der Waals surface area contributed by atoms with Crippen LogP contribution < -0.4 is 11.1 Å². The Labute approximate surface area is 118 Å². The van der Waals surface area contributed by atoms with Crippen molar-refractivity contribution in [1.29, 1.82) is 0 Å². The number of nitrogen functional groups attached to an aromatic ring is 1. The molecule has 0 amide bonds. The summed E-state index contributed by atoms with van der Waals surface area (Å²) < 4.78 is 5.01. The Morgan fingerprint density at radius 1 is 1.58 bits per heavy atom. The number of ether oxygens (including phenoxy) is 1. The smallest absolute Gasteiger partial charge is 0.340 e. The van der Waals surface area contributed by atoms with Gasteiger partial charge in [0.1, 0.15) is 0 Å². The van der Waals surface area contributed by atoms with Crippen LogP contribution in [0.5, 0.6) is 0 Å². The molecule has 0 bridgehead atoms. The van der Waals surface area contributed by atoms with Crippen LogP contribution in [0.25, 0.3) is 0 Å². The second-order valence-corrected chi connectivity index (χ2v) is 6.70. The van der Waals surface area contributed by atoms with Crippen LogP contribution in [-0.4, -0.2) is 30.1 Å². The van der Waals surface area contributed by atoms with Gasteiger partial charge in [-0.1, -0.05) is 6.07 Å². The second kappa shape index (κ2) is 5.74. The van der Waals surface area contributed by atoms with E-state index in [2.05, 4.69) is 12.2 Å². The molecule has 1 aromatic rings. The summed E-state index contributed by atoms with van der Waals surface area (Å²) in [5, 5.41) is 3.33. The van der Waals surface area contributed by atoms with Gasteiger partial charge in [-0.05, 0) is 37.7 Å². The van der Waals surface area contributed by atoms with Gasteiger partial charge >= 0.3 is 5.97 Å². The maximum Gasteiger partial charge on any atom is 0.340 e. The minimum atomic E-state index is -0.362. The Hall–Kier alpha value is -1.36. The fourth-order valence-corrected chi connectivity index (χ4v) is 3.54. The number of hydrogen-bond acceptors (Lipinski definition) is 5. The molecule has 0 aliphatic carbocycles. The molecular formula is C14H20N2O2S. The van der Waals surface area contributed by atoms with E-state index in [1.54, 1.807) is 18.2 Å². The van der Waals surface area contributed by atoms with Crippen LogP contribution in [0.1, 0.15) is 30.1 Å². The number of thioether (sulfide) groups is 1. The Morgan fingerprint density at radius 3 is 3.00 bits per heavy atom. The molecular weight excluding hydrogens is 260 g/mol. The topological polar surface area (TPSA) is 64.3 Å². The first-order valence-corrected chi connectivity index (χ1v) is 7.39. The highest BCUT2D eigenvalue weighted by Crippen LogP contribution is 2.38. The third-order valence-electron chi connectivity index (χ3n) is 3.44. The number of carbonyl (C=O) groups excluding carboxylic acids is 1. The molecule has 1 atom stereocenters. The van der Waals surface area contributed by atoms with Crippen molar-refractivity contribution in [2.24, 2.45) is 0 Å². The monoisotopic (exact) mass is 280 g/mol. The zero-order chi connectivity index (χ0) is 13.9. The van der Waals surface area contributed by atoms with Crippen LogP contribution >= 0.6 is 11.8 Å². The van der Waals surface area contributed by atoms with Gasteiger partial charge in [-0.25, -0.2) is 4.79 Å². The third-order valence-corrected chi connectivity index (χ3v) is 4.98. The SMILES string of the molecule is COC(=O)c1cccc(N)c1NCC1(C)CCCS1. The van der Waals surface area contributed by atoms with Gasteiger partial charge in [0.05, 0.1) is 24.0 Å². The number of nitrogens with one attached hydrogen (secondary N) is 1. The summed E-state index contributed by atoms with van der Waals surface area (Å²) in [7, 11) is 1.38. The predicted molar refractivity (Wildman–Crippen MR) is 80.8 cm³/mol. The molecule has 3 N–H and O–H groups in total. The summed E-state index contributed by atoms with van der Waals surface area (Å²) in [6, 6.07) is 5.28. The quantitative estimate of drug-likeness (QED) is 0.656. The van der Waals surface area contributed by atoms with Crippen molar-refractivity contribution in [1.82, 2.24) is 0 Å². The Bertz CT molecular complexity index is 471. The van der Waals surface area contributed by atoms with Crippen LogP contribution in [0, 0.1) is 0 Å². The van der Waals surface area contributed by atoms with Crippen molar-refractivity contribution in [3.63, 3.8) is 0 Å². The number of benzene rings is 1. The van der Waals surface area contributed by atoms with E-state index in [-0.39, 0.29) is 10.7 Å². The number of para-hydroxylation sites is 1. The minimum Gasteiger partial charge on any atom is -0.465 e. The number of carbonyl (C=O) groups is 1. The lowest BCUT2D eigenvalue weighted by molar-refractivity contribution is 0.0602. The molecule has 0 saturated carbocycles. The highest BCUT2D eigenvalue weighted by molar-refractivity contribution is 8.00. The van der Waals surface area contributed by atoms with Crippen molar-refractivity contribution in [3.8, 4) is 0 Å². The first-order valence-electron chi connectivity index (χ1n) is 6.40. The Kier molecular flexibility index (Phi) is 4.24. The average molecular weight is 280 g/mol. The largest absolute Gasteiger partial charge is 0.465 e. The highest BCUT2D eigenvalue weighted by atomic mass is 32.2. The van der Waals surface area contributed by atoms with Gasteiger partial charge < -0.3 is 15.8 Å². The maximum absolute atomic E-state index is 11.7. The lowest BCUT2D eigenvalue weighted by Gasteiger charge is -2.24. The average Bonchev–Trinajstić information content (AvgIpc) is 2.83. The zero-order valence-electron chi connectivity index (χ0n) is 11.4. The molecule has 5 heteroatoms. The molecule has 1 fully saturated rings. The Balaban J connectivity index is 2.17. The molecule has 1 aliphatic heterocycles. The van der Waals surface area contributed by atoms with E-state index >= 15 is 0 Å². The third kappa shape index (κ3) is 3.15. The van der Waals surface area contributed by atoms with Crippen molar-refractivity contribution in [3.05, 3.63) is 23.8 Å². The molecule has 0 aromatic heterocycles. The van der Waals surface area contributed by atoms with Crippen molar-refractivity contribution < 1.29 is 9.53 Å². The first-order chi connectivity index (χ1) is 9.06. The molecule has 104 valence electrons. The highest BCUT2D eigenvalue weighted by Gasteiger charge is 2.29. The van der Waals surface area contributed by atoms with E-state index in [4.69, 9.17) is 10.5 Å². The molecule has 19 heavy (non-hydrogen) atoms. The molecule has 0 radical (unpaired) electrons. The first kappa shape index (κ1) is 14.1. The number of methoxy groups -OCH3 is 1. The van der Waals surface area contributed by atoms with E-state index in [1.165, 1.54) is 25.7 Å². The molecule has 1 unspecified atom stereocenters. The van der Waals surface area contributed by atoms with Gasteiger partial charge in [0.25, 0.3) is 0 Å². The zero-order valence-corrected chi connectivity index (χ0v) is 12.2. The van der Waals surface area contributed by atoms with Gasteiger partial charge in [-0.2, -0.15) is 11.8 Å². The summed E-state index contributed by atoms with van der Waals surface area (Å²) in [5.41, 5.74) is 7.72. The van der Waals surface area contributed by atoms with E-state index in [1.807, 2.05) is 11.8 Å². The van der Waals surface area contributed by atoms with Crippen LogP contribution in [0.3, 0.4) is 0 Å². The molecule has 4 nitrogen and oxygen atoms in total. The summed E-state index contributed by atoms with van der Waals surface area (Å²) in [5.74, 6) is 0.839. The summed E-state index contributed by atoms with van der Waals surface area (Å²) >= 11 is 1.97. The van der Waals surface area contributed by atoms with E-state index in [0.29, 0.717) is 16.9 Å². The van der Waals surface area contributed by atoms with Gasteiger partial charge in [-0.3, -0.25) is 0 Å². The molecule has 1 aliphatic rings. The molecule has 0 spiro atoms. The van der Waals surface area contributed by atoms with Crippen LogP contribution in [0.2, 0.25) is 0 Å². The van der Waals surface area contributed by atoms with E-state index in [0.717, 1.165) is 6.54 Å². The van der Waals surface area contributed by atoms with Crippen molar-refractivity contribution >= 4 is 29.1 Å². The lowest BCUT2D eigenvalue weighted by atomic mass is 10.0. The van der Waals surface area contributed by atoms with E-state index in [9.17, 15) is 4.79 Å². The van der Waals surface area contributed by atoms with E-state index < -0.39 is 0 Å². The molecule has 1 aromatic carbocycles. The fraction of sp³-hybridized carbons (Fsp3) is 0.500. The number of esters is 1. The van der Waals surface area contributed by atoms with Crippen LogP contribution in [0.15, 0.2) is 18.2 Å². The molecule has 1 heterocycles. The van der Waals surface area contributed by atoms with Gasteiger partial charge in [-0.15, -0.1) is 0 Å². The summed E-state index contributed by atoms with van der Waals surface area (Å²) in [6.45, 7) is 3.05. The van der Waals surface area contributed by atoms with Gasteiger partial charge in [0.2, 0.25) is 0 Å². The number of rotatable bonds is 4. The van der Waals surface area contributed by atoms with Crippen LogP contribution in [-0.2, 0) is 4.74 Å². The predicted octanol–water partition coefficient (Wildman–Crippen LogP) is 2.75. The summed E-state index contributed by atoms with van der Waals surface area (Å²) in [6.07, 6.45) is 2.43. The molecule has 1 saturated heterocycles. The maximum atomic E-state index is 11.7. The standard InChI is InChI=1S/C14H20N2O2S/c1-14(7-4-8-19-14)9-16-12-10(13(17)18-2)5-3-6-11(12)15/h3,5-6,16H,4,7-9,15H2,1-2H3. The molecule has 2 rings (SSSR count). The number of anilines is 2. The fourth-order valence-electron chi connectivity index (χ4n) is 2.30. The lowest BCUT2D eigenvalue weighted by Crippen LogP contribution is -2.28.